The highest BCUT2D eigenvalue weighted by molar-refractivity contribution is 5.86. The third-order valence-corrected chi connectivity index (χ3v) is 1.63. The Morgan fingerprint density at radius 3 is 2.00 bits per heavy atom. The molecule has 0 unspecified atom stereocenters. The summed E-state index contributed by atoms with van der Waals surface area (Å²) >= 11 is 0. The summed E-state index contributed by atoms with van der Waals surface area (Å²) in [4.78, 5) is 21.7. The lowest BCUT2D eigenvalue weighted by atomic mass is 9.92. The molecule has 0 saturated carbocycles. The Bertz CT molecular complexity index is 303. The molecular weight excluding hydrogens is 182 g/mol. The van der Waals surface area contributed by atoms with Crippen molar-refractivity contribution in [2.24, 2.45) is 0 Å². The van der Waals surface area contributed by atoms with Gasteiger partial charge in [-0.3, -0.25) is 4.79 Å². The molecule has 0 spiro atoms. The van der Waals surface area contributed by atoms with Crippen molar-refractivity contribution in [3.05, 3.63) is 0 Å². The Morgan fingerprint density at radius 1 is 1.36 bits per heavy atom. The molecule has 0 saturated heterocycles. The fourth-order valence-electron chi connectivity index (χ4n) is 1.04. The first kappa shape index (κ1) is 12.1. The third-order valence-electron chi connectivity index (χ3n) is 1.63. The Balaban J connectivity index is 4.96. The van der Waals surface area contributed by atoms with Crippen molar-refractivity contribution < 1.29 is 14.7 Å². The van der Waals surface area contributed by atoms with Gasteiger partial charge in [-0.05, 0) is 0 Å². The molecule has 14 heavy (non-hydrogen) atoms. The zero-order valence-electron chi connectivity index (χ0n) is 7.83. The average Bonchev–Trinajstić information content (AvgIpc) is 2.03. The van der Waals surface area contributed by atoms with E-state index in [1.54, 1.807) is 0 Å². The molecule has 4 nitrogen and oxygen atoms in total. The van der Waals surface area contributed by atoms with Crippen molar-refractivity contribution in [2.45, 2.75) is 25.3 Å². The fourth-order valence-corrected chi connectivity index (χ4v) is 1.04. The van der Waals surface area contributed by atoms with E-state index in [1.807, 2.05) is 0 Å². The first-order valence-electron chi connectivity index (χ1n) is 3.87. The summed E-state index contributed by atoms with van der Waals surface area (Å²) in [6, 6.07) is 0. The van der Waals surface area contributed by atoms with Crippen LogP contribution in [0.15, 0.2) is 0 Å². The van der Waals surface area contributed by atoms with Crippen LogP contribution in [0.2, 0.25) is 0 Å². The summed E-state index contributed by atoms with van der Waals surface area (Å²) in [5.74, 6) is 2.69. The number of amides is 1. The summed E-state index contributed by atoms with van der Waals surface area (Å²) in [6.45, 7) is 1.21. The van der Waals surface area contributed by atoms with E-state index in [0.717, 1.165) is 0 Å². The molecule has 1 amide bonds. The van der Waals surface area contributed by atoms with Gasteiger partial charge in [-0.2, -0.15) is 0 Å². The minimum Gasteiger partial charge on any atom is -0.479 e. The van der Waals surface area contributed by atoms with Crippen molar-refractivity contribution >= 4 is 11.9 Å². The van der Waals surface area contributed by atoms with Gasteiger partial charge in [-0.15, -0.1) is 24.7 Å². The van der Waals surface area contributed by atoms with E-state index in [2.05, 4.69) is 17.2 Å². The summed E-state index contributed by atoms with van der Waals surface area (Å²) < 4.78 is 0. The minimum absolute atomic E-state index is 0.133. The molecule has 0 aliphatic rings. The summed E-state index contributed by atoms with van der Waals surface area (Å²) in [5, 5.41) is 11.2. The number of carbonyl (C=O) groups excluding carboxylic acids is 1. The van der Waals surface area contributed by atoms with Crippen LogP contribution in [-0.2, 0) is 9.59 Å². The van der Waals surface area contributed by atoms with Gasteiger partial charge in [-0.25, -0.2) is 4.79 Å². The largest absolute Gasteiger partial charge is 0.479 e. The van der Waals surface area contributed by atoms with E-state index in [9.17, 15) is 9.59 Å². The SMILES string of the molecule is C#CCC(CC#C)(NC(C)=O)C(=O)O. The first-order chi connectivity index (χ1) is 6.48. The fraction of sp³-hybridized carbons (Fsp3) is 0.400. The van der Waals surface area contributed by atoms with Gasteiger partial charge in [0, 0.05) is 19.8 Å². The number of terminal acetylenes is 2. The molecule has 2 N–H and O–H groups in total. The Labute approximate surface area is 82.7 Å². The maximum Gasteiger partial charge on any atom is 0.331 e. The highest BCUT2D eigenvalue weighted by Gasteiger charge is 2.37. The van der Waals surface area contributed by atoms with Crippen molar-refractivity contribution in [2.75, 3.05) is 0 Å². The molecule has 0 atom stereocenters. The highest BCUT2D eigenvalue weighted by atomic mass is 16.4. The van der Waals surface area contributed by atoms with E-state index < -0.39 is 17.4 Å². The van der Waals surface area contributed by atoms with Crippen molar-refractivity contribution in [3.8, 4) is 24.7 Å². The van der Waals surface area contributed by atoms with Crippen molar-refractivity contribution in [3.63, 3.8) is 0 Å². The number of carbonyl (C=O) groups is 2. The summed E-state index contributed by atoms with van der Waals surface area (Å²) in [6.07, 6.45) is 9.78. The maximum atomic E-state index is 10.9. The first-order valence-corrected chi connectivity index (χ1v) is 3.87. The van der Waals surface area contributed by atoms with Crippen LogP contribution in [0.25, 0.3) is 0 Å². The zero-order chi connectivity index (χ0) is 11.2. The molecule has 0 heterocycles. The van der Waals surface area contributed by atoms with Gasteiger partial charge in [0.05, 0.1) is 0 Å². The highest BCUT2D eigenvalue weighted by Crippen LogP contribution is 2.14. The van der Waals surface area contributed by atoms with Crippen LogP contribution in [-0.4, -0.2) is 22.5 Å². The monoisotopic (exact) mass is 193 g/mol. The average molecular weight is 193 g/mol. The molecule has 0 rings (SSSR count). The van der Waals surface area contributed by atoms with Gasteiger partial charge < -0.3 is 10.4 Å². The second-order valence-corrected chi connectivity index (χ2v) is 2.83. The smallest absolute Gasteiger partial charge is 0.331 e. The van der Waals surface area contributed by atoms with Gasteiger partial charge in [0.1, 0.15) is 0 Å². The van der Waals surface area contributed by atoms with Gasteiger partial charge in [-0.1, -0.05) is 0 Å². The minimum atomic E-state index is -1.53. The van der Waals surface area contributed by atoms with Crippen LogP contribution in [0, 0.1) is 24.7 Å². The van der Waals surface area contributed by atoms with Gasteiger partial charge in [0.2, 0.25) is 5.91 Å². The lowest BCUT2D eigenvalue weighted by Gasteiger charge is -2.25. The van der Waals surface area contributed by atoms with E-state index in [-0.39, 0.29) is 12.8 Å². The zero-order valence-corrected chi connectivity index (χ0v) is 7.83. The Kier molecular flexibility index (Phi) is 4.25. The van der Waals surface area contributed by atoms with Crippen LogP contribution in [0.1, 0.15) is 19.8 Å². The summed E-state index contributed by atoms with van der Waals surface area (Å²) in [5.41, 5.74) is -1.53. The molecule has 0 aromatic heterocycles. The van der Waals surface area contributed by atoms with Crippen LogP contribution >= 0.6 is 0 Å². The van der Waals surface area contributed by atoms with Gasteiger partial charge in [0.15, 0.2) is 5.54 Å². The second-order valence-electron chi connectivity index (χ2n) is 2.83. The topological polar surface area (TPSA) is 66.4 Å². The quantitative estimate of drug-likeness (QED) is 0.617. The second kappa shape index (κ2) is 4.94. The van der Waals surface area contributed by atoms with Crippen molar-refractivity contribution in [1.82, 2.24) is 5.32 Å². The Hall–Kier alpha value is -1.94. The van der Waals surface area contributed by atoms with Gasteiger partial charge in [0.25, 0.3) is 0 Å². The van der Waals surface area contributed by atoms with E-state index >= 15 is 0 Å². The summed E-state index contributed by atoms with van der Waals surface area (Å²) in [7, 11) is 0. The number of rotatable bonds is 4. The maximum absolute atomic E-state index is 10.9. The van der Waals surface area contributed by atoms with Crippen molar-refractivity contribution in [1.29, 1.82) is 0 Å². The lowest BCUT2D eigenvalue weighted by molar-refractivity contribution is -0.147. The standard InChI is InChI=1S/C10H11NO3/c1-4-6-10(7-5-2,9(13)14)11-8(3)12/h1-2H,6-7H2,3H3,(H,11,12)(H,13,14). The normalized spacial score (nSPS) is 9.64. The molecule has 74 valence electrons. The molecule has 0 aromatic rings. The van der Waals surface area contributed by atoms with Crippen LogP contribution in [0.4, 0.5) is 0 Å². The number of carboxylic acids is 1. The molecule has 0 aliphatic carbocycles. The van der Waals surface area contributed by atoms with Crippen LogP contribution in [0.3, 0.4) is 0 Å². The number of hydrogen-bond donors (Lipinski definition) is 2. The third kappa shape index (κ3) is 2.84. The van der Waals surface area contributed by atoms with Crippen LogP contribution < -0.4 is 5.32 Å². The van der Waals surface area contributed by atoms with E-state index in [0.29, 0.717) is 0 Å². The predicted molar refractivity (Wildman–Crippen MR) is 51.1 cm³/mol. The van der Waals surface area contributed by atoms with E-state index in [4.69, 9.17) is 18.0 Å². The molecule has 0 bridgehead atoms. The molecule has 4 heteroatoms. The molecule has 0 fully saturated rings. The van der Waals surface area contributed by atoms with Gasteiger partial charge >= 0.3 is 5.97 Å². The number of hydrogen-bond acceptors (Lipinski definition) is 2. The number of carboxylic acid groups (broad SMARTS) is 1. The number of nitrogens with one attached hydrogen (secondary N) is 1. The molecule has 0 radical (unpaired) electrons. The van der Waals surface area contributed by atoms with Crippen LogP contribution in [0.5, 0.6) is 0 Å². The molecule has 0 aliphatic heterocycles. The predicted octanol–water partition coefficient (Wildman–Crippen LogP) is -0.00750. The Morgan fingerprint density at radius 2 is 1.79 bits per heavy atom. The molecule has 0 aromatic carbocycles. The molecular formula is C10H11NO3. The van der Waals surface area contributed by atoms with E-state index in [1.165, 1.54) is 6.92 Å². The number of aliphatic carboxylic acids is 1. The lowest BCUT2D eigenvalue weighted by Crippen LogP contribution is -2.53.